The summed E-state index contributed by atoms with van der Waals surface area (Å²) in [5, 5.41) is 2.03. The van der Waals surface area contributed by atoms with Gasteiger partial charge in [-0.1, -0.05) is 372 Å². The Morgan fingerprint density at radius 3 is 0.842 bits per heavy atom. The molecular weight excluding hydrogens is 1920 g/mol. The number of halogens is 16. The third kappa shape index (κ3) is 47.5. The van der Waals surface area contributed by atoms with Crippen molar-refractivity contribution >= 4 is 34.8 Å². The fraction of sp³-hybridized carbons (Fsp3) is 0.406. The summed E-state index contributed by atoms with van der Waals surface area (Å²) in [6, 6.07) is 62.7. The van der Waals surface area contributed by atoms with Crippen LogP contribution in [-0.2, 0) is 6.18 Å². The molecule has 2 nitrogen and oxygen atoms in total. The highest BCUT2D eigenvalue weighted by Crippen LogP contribution is 2.37. The molecule has 0 saturated heterocycles. The van der Waals surface area contributed by atoms with Gasteiger partial charge in [-0.25, -0.2) is 43.9 Å². The number of aromatic nitrogens is 2. The molecule has 2 aromatic heterocycles. The summed E-state index contributed by atoms with van der Waals surface area (Å²) >= 11 is 17.7. The van der Waals surface area contributed by atoms with E-state index in [9.17, 15) is 57.1 Å². The lowest BCUT2D eigenvalue weighted by molar-refractivity contribution is -0.140. The van der Waals surface area contributed by atoms with E-state index >= 15 is 0 Å². The van der Waals surface area contributed by atoms with Gasteiger partial charge in [-0.05, 0) is 333 Å². The Labute approximate surface area is 886 Å². The molecule has 18 heteroatoms. The van der Waals surface area contributed by atoms with Gasteiger partial charge < -0.3 is 0 Å². The van der Waals surface area contributed by atoms with Crippen molar-refractivity contribution in [2.45, 2.75) is 347 Å². The summed E-state index contributed by atoms with van der Waals surface area (Å²) < 4.78 is 167. The number of rotatable bonds is 13. The average molecular weight is 2090 g/mol. The lowest BCUT2D eigenvalue weighted by Gasteiger charge is -2.12. The van der Waals surface area contributed by atoms with Crippen molar-refractivity contribution in [3.05, 3.63) is 443 Å². The van der Waals surface area contributed by atoms with Crippen LogP contribution in [0.3, 0.4) is 0 Å². The zero-order valence-corrected chi connectivity index (χ0v) is 95.2. The Balaban J connectivity index is 0.00000156. The largest absolute Gasteiger partial charge is 0.419 e. The van der Waals surface area contributed by atoms with Gasteiger partial charge in [-0.3, -0.25) is 9.97 Å². The van der Waals surface area contributed by atoms with Gasteiger partial charge in [0.1, 0.15) is 58.2 Å². The van der Waals surface area contributed by atoms with Crippen LogP contribution in [-0.4, -0.2) is 9.97 Å². The Kier molecular flexibility index (Phi) is 62.8. The number of nitrogens with zero attached hydrogens (tertiary/aromatic N) is 2. The van der Waals surface area contributed by atoms with Crippen LogP contribution < -0.4 is 0 Å². The lowest BCUT2D eigenvalue weighted by Crippen LogP contribution is -2.10. The smallest absolute Gasteiger partial charge is 0.258 e. The van der Waals surface area contributed by atoms with Gasteiger partial charge in [-0.15, -0.1) is 0 Å². The highest BCUT2D eigenvalue weighted by atomic mass is 35.5. The molecule has 146 heavy (non-hydrogen) atoms. The van der Waals surface area contributed by atoms with E-state index in [1.807, 2.05) is 160 Å². The Morgan fingerprint density at radius 2 is 0.527 bits per heavy atom. The van der Waals surface area contributed by atoms with E-state index in [2.05, 4.69) is 175 Å². The van der Waals surface area contributed by atoms with Gasteiger partial charge >= 0.3 is 6.18 Å². The van der Waals surface area contributed by atoms with Gasteiger partial charge in [0.05, 0.1) is 17.0 Å². The van der Waals surface area contributed by atoms with Crippen LogP contribution in [0.5, 0.6) is 0 Å². The minimum Gasteiger partial charge on any atom is -0.258 e. The second-order valence-corrected chi connectivity index (χ2v) is 41.5. The number of alkyl halides is 3. The van der Waals surface area contributed by atoms with E-state index in [0.717, 1.165) is 71.7 Å². The number of benzene rings is 11. The molecular formula is C128H166Cl3F13N2. The van der Waals surface area contributed by atoms with Gasteiger partial charge in [0.25, 0.3) is 0 Å². The average Bonchev–Trinajstić information content (AvgIpc) is 0.806. The molecule has 13 rings (SSSR count). The first-order chi connectivity index (χ1) is 67.4. The van der Waals surface area contributed by atoms with E-state index in [4.69, 9.17) is 34.8 Å². The third-order valence-electron chi connectivity index (χ3n) is 23.3. The maximum Gasteiger partial charge on any atom is 0.419 e. The van der Waals surface area contributed by atoms with Crippen molar-refractivity contribution in [3.8, 4) is 0 Å². The number of aryl methyl sites for hydroxylation is 9. The molecule has 0 bridgehead atoms. The van der Waals surface area contributed by atoms with Gasteiger partial charge in [-0.2, -0.15) is 13.2 Å². The summed E-state index contributed by atoms with van der Waals surface area (Å²) in [6.45, 7) is 74.7. The molecule has 2 heterocycles. The zero-order chi connectivity index (χ0) is 111. The Bertz CT molecular complexity index is 5400. The van der Waals surface area contributed by atoms with E-state index in [-0.39, 0.29) is 107 Å². The second-order valence-electron chi connectivity index (χ2n) is 40.3. The summed E-state index contributed by atoms with van der Waals surface area (Å²) in [5.74, 6) is 0.616. The van der Waals surface area contributed by atoms with Crippen molar-refractivity contribution < 1.29 is 57.1 Å². The van der Waals surface area contributed by atoms with Gasteiger partial charge in [0, 0.05) is 38.6 Å². The molecule has 0 aliphatic heterocycles. The number of hydrogen-bond acceptors (Lipinski definition) is 2. The van der Waals surface area contributed by atoms with Crippen LogP contribution >= 0.6 is 34.8 Å². The Hall–Kier alpha value is -10.3. The van der Waals surface area contributed by atoms with E-state index in [0.29, 0.717) is 51.6 Å². The van der Waals surface area contributed by atoms with Crippen LogP contribution in [0.4, 0.5) is 57.1 Å². The third-order valence-corrected chi connectivity index (χ3v) is 24.3. The molecule has 0 fully saturated rings. The quantitative estimate of drug-likeness (QED) is 0.108. The van der Waals surface area contributed by atoms with Crippen molar-refractivity contribution in [2.75, 3.05) is 0 Å². The molecule has 0 radical (unpaired) electrons. The minimum atomic E-state index is -4.62. The van der Waals surface area contributed by atoms with E-state index < -0.39 is 29.2 Å². The fourth-order valence-electron chi connectivity index (χ4n) is 15.5. The first-order valence-electron chi connectivity index (χ1n) is 50.0. The maximum absolute atomic E-state index is 13.3. The first kappa shape index (κ1) is 136. The molecule has 13 aromatic rings. The van der Waals surface area contributed by atoms with Crippen molar-refractivity contribution in [1.29, 1.82) is 0 Å². The highest BCUT2D eigenvalue weighted by Gasteiger charge is 2.35. The molecule has 0 aliphatic carbocycles. The molecule has 800 valence electrons. The van der Waals surface area contributed by atoms with E-state index in [1.165, 1.54) is 123 Å². The van der Waals surface area contributed by atoms with Crippen molar-refractivity contribution in [2.24, 2.45) is 0 Å². The molecule has 0 saturated carbocycles. The predicted molar refractivity (Wildman–Crippen MR) is 601 cm³/mol. The van der Waals surface area contributed by atoms with Crippen molar-refractivity contribution in [3.63, 3.8) is 0 Å². The van der Waals surface area contributed by atoms with Gasteiger partial charge in [0.2, 0.25) is 0 Å². The maximum atomic E-state index is 13.3. The molecule has 11 aromatic carbocycles. The Morgan fingerprint density at radius 1 is 0.219 bits per heavy atom. The molecule has 0 amide bonds. The number of hydrogen-bond donors (Lipinski definition) is 0. The van der Waals surface area contributed by atoms with Crippen LogP contribution in [0.1, 0.15) is 404 Å². The van der Waals surface area contributed by atoms with Crippen LogP contribution in [0.25, 0.3) is 0 Å². The first-order valence-corrected chi connectivity index (χ1v) is 51.1. The summed E-state index contributed by atoms with van der Waals surface area (Å²) in [4.78, 5) is 7.91. The van der Waals surface area contributed by atoms with E-state index in [1.54, 1.807) is 82.6 Å². The molecule has 0 unspecified atom stereocenters. The lowest BCUT2D eigenvalue weighted by atomic mass is 9.94. The summed E-state index contributed by atoms with van der Waals surface area (Å²) in [5.41, 5.74) is 23.2. The fourth-order valence-corrected chi connectivity index (χ4v) is 16.8. The van der Waals surface area contributed by atoms with Crippen LogP contribution in [0, 0.1) is 134 Å². The van der Waals surface area contributed by atoms with Gasteiger partial charge in [0.15, 0.2) is 0 Å². The predicted octanol–water partition coefficient (Wildman–Crippen LogP) is 43.7. The zero-order valence-electron chi connectivity index (χ0n) is 92.9. The minimum absolute atomic E-state index is 0. The van der Waals surface area contributed by atoms with Crippen LogP contribution in [0.15, 0.2) is 231 Å². The monoisotopic (exact) mass is 2080 g/mol. The topological polar surface area (TPSA) is 25.8 Å². The van der Waals surface area contributed by atoms with Crippen LogP contribution in [0.2, 0.25) is 15.1 Å². The standard InChI is InChI=1S/3C11H16.C10H10F4.4C10H13F.C9H10Cl2.C9H10ClF.C9H10F2.C9H12FN.C8H10FN.CH4/c1-8(2)11-7-9(3)5-6-10(11)4;1-8(2)11-7-5-6-9(3)10(11)4;1-8(2)11-9(3)6-5-7-10(11)4;1-6(2)7-4-3-5-8(9(7)11)10(12,13)14;2*1-7(2)9-6-8(3)4-5-10(9)11;1-7(2)9-5-4-6-10(11)8(9)3;1-7(2)10-8(3)5-4-6-9(10)11;3*1-6(2)9-7(10)4-3-5-8(9)11;1-6(2)9-8(10)4-7(3)5-11-9;1-6(2)8-7(9)4-3-5-10-8;/h3*5-8H,1-4H3;3-6H,1-2H3;4*4-7H,1-3H3;3*3-6H,1-2H3;4-6H,1-3H3;3-6H,1-2H3;1H4. The number of pyridine rings is 2. The molecule has 0 atom stereocenters. The summed E-state index contributed by atoms with van der Waals surface area (Å²) in [7, 11) is 0. The second kappa shape index (κ2) is 67.6. The highest BCUT2D eigenvalue weighted by molar-refractivity contribution is 6.36. The molecule has 0 spiro atoms. The SMILES string of the molecule is C.CC(C)c1c(Cl)cccc1Cl.CC(C)c1c(F)cccc1Cl.CC(C)c1c(F)cccc1F.CC(C)c1cccc(C(F)(F)F)c1F.CC(C)c1ncccc1F.Cc1c(F)cccc1C(C)C.Cc1ccc(C)c(C(C)C)c1.Cc1ccc(F)c(C(C)C)c1.Cc1ccc(F)c(C(C)C)c1.Cc1cccc(C(C)C)c1C.Cc1cccc(C)c1C(C)C.Cc1cccc(F)c1C(C)C.Cc1cnc(C(C)C)c(F)c1. The van der Waals surface area contributed by atoms with Crippen molar-refractivity contribution in [1.82, 2.24) is 9.97 Å². The normalized spacial score (nSPS) is 10.7. The molecule has 0 N–H and O–H groups in total. The summed E-state index contributed by atoms with van der Waals surface area (Å²) in [6.07, 6.45) is -1.31. The molecule has 0 aliphatic rings.